The molecule has 0 aliphatic heterocycles. The number of carbonyl (C=O) groups is 1. The molecule has 2 aromatic heterocycles. The normalized spacial score (nSPS) is 11.0. The number of carbonyl (C=O) groups excluding carboxylic acids is 1. The summed E-state index contributed by atoms with van der Waals surface area (Å²) in [7, 11) is 0. The molecule has 8 heteroatoms. The van der Waals surface area contributed by atoms with Crippen molar-refractivity contribution in [3.8, 4) is 11.4 Å². The fourth-order valence-corrected chi connectivity index (χ4v) is 2.95. The Bertz CT molecular complexity index is 1140. The molecule has 4 rings (SSSR count). The third-order valence-electron chi connectivity index (χ3n) is 4.07. The van der Waals surface area contributed by atoms with Gasteiger partial charge in [0.15, 0.2) is 10.6 Å². The number of benzene rings is 2. The van der Waals surface area contributed by atoms with E-state index in [4.69, 9.17) is 12.2 Å². The number of para-hydroxylation sites is 2. The number of hydrogen-bond acceptors (Lipinski definition) is 4. The maximum absolute atomic E-state index is 12.5. The molecule has 130 valence electrons. The number of aromatic amines is 1. The number of nitrogens with one attached hydrogen (secondary N) is 2. The smallest absolute Gasteiger partial charge is 0.258 e. The van der Waals surface area contributed by atoms with Crippen molar-refractivity contribution in [3.05, 3.63) is 65.2 Å². The highest BCUT2D eigenvalue weighted by molar-refractivity contribution is 7.71. The van der Waals surface area contributed by atoms with Crippen molar-refractivity contribution in [3.63, 3.8) is 0 Å². The molecule has 0 spiro atoms. The van der Waals surface area contributed by atoms with Gasteiger partial charge in [0.25, 0.3) is 5.91 Å². The Balaban J connectivity index is 1.59. The van der Waals surface area contributed by atoms with E-state index in [9.17, 15) is 4.79 Å². The summed E-state index contributed by atoms with van der Waals surface area (Å²) in [5, 5.41) is 7.02. The average Bonchev–Trinajstić information content (AvgIpc) is 3.21. The molecule has 0 radical (unpaired) electrons. The molecule has 0 saturated heterocycles. The van der Waals surface area contributed by atoms with Gasteiger partial charge in [0.2, 0.25) is 0 Å². The number of amides is 1. The molecule has 0 aliphatic carbocycles. The van der Waals surface area contributed by atoms with Gasteiger partial charge < -0.3 is 0 Å². The van der Waals surface area contributed by atoms with E-state index in [-0.39, 0.29) is 12.5 Å². The molecule has 26 heavy (non-hydrogen) atoms. The summed E-state index contributed by atoms with van der Waals surface area (Å²) in [6, 6.07) is 15.5. The van der Waals surface area contributed by atoms with Crippen LogP contribution in [0.25, 0.3) is 22.4 Å². The molecule has 0 unspecified atom stereocenters. The van der Waals surface area contributed by atoms with Crippen LogP contribution in [0, 0.1) is 11.7 Å². The molecule has 0 saturated carbocycles. The van der Waals surface area contributed by atoms with Crippen molar-refractivity contribution in [2.75, 3.05) is 5.43 Å². The van der Waals surface area contributed by atoms with Gasteiger partial charge in [-0.05, 0) is 31.3 Å². The van der Waals surface area contributed by atoms with Crippen LogP contribution in [0.5, 0.6) is 0 Å². The third-order valence-corrected chi connectivity index (χ3v) is 4.38. The Morgan fingerprint density at radius 2 is 1.96 bits per heavy atom. The maximum Gasteiger partial charge on any atom is 0.258 e. The second-order valence-corrected chi connectivity index (χ2v) is 6.33. The zero-order valence-corrected chi connectivity index (χ0v) is 14.8. The molecule has 0 fully saturated rings. The Kier molecular flexibility index (Phi) is 4.10. The Hall–Kier alpha value is -3.26. The summed E-state index contributed by atoms with van der Waals surface area (Å²) < 4.78 is 3.67. The predicted octanol–water partition coefficient (Wildman–Crippen LogP) is 3.04. The SMILES string of the molecule is Cc1ccc(-c2n[nH]c(=S)n2CC(=O)Nn2cnc3ccccc32)cc1. The first kappa shape index (κ1) is 16.2. The molecular weight excluding hydrogens is 348 g/mol. The minimum absolute atomic E-state index is 0.0467. The number of aromatic nitrogens is 5. The third kappa shape index (κ3) is 3.02. The van der Waals surface area contributed by atoms with Crippen LogP contribution in [0.4, 0.5) is 0 Å². The number of imidazole rings is 1. The fraction of sp³-hybridized carbons (Fsp3) is 0.111. The number of nitrogens with zero attached hydrogens (tertiary/aromatic N) is 4. The quantitative estimate of drug-likeness (QED) is 0.546. The van der Waals surface area contributed by atoms with E-state index in [1.165, 1.54) is 0 Å². The second kappa shape index (κ2) is 6.57. The second-order valence-electron chi connectivity index (χ2n) is 5.94. The van der Waals surface area contributed by atoms with E-state index in [1.54, 1.807) is 15.6 Å². The lowest BCUT2D eigenvalue weighted by molar-refractivity contribution is -0.117. The van der Waals surface area contributed by atoms with Gasteiger partial charge in [0.1, 0.15) is 12.9 Å². The number of H-pyrrole nitrogens is 1. The van der Waals surface area contributed by atoms with Crippen molar-refractivity contribution in [2.24, 2.45) is 0 Å². The van der Waals surface area contributed by atoms with Crippen LogP contribution in [0.1, 0.15) is 5.56 Å². The van der Waals surface area contributed by atoms with Crippen LogP contribution in [-0.2, 0) is 11.3 Å². The van der Waals surface area contributed by atoms with Gasteiger partial charge in [-0.25, -0.2) is 9.66 Å². The Morgan fingerprint density at radius 3 is 2.77 bits per heavy atom. The number of aryl methyl sites for hydroxylation is 1. The van der Waals surface area contributed by atoms with Gasteiger partial charge in [0, 0.05) is 5.56 Å². The first-order valence-corrected chi connectivity index (χ1v) is 8.47. The monoisotopic (exact) mass is 364 g/mol. The Labute approximate surface area is 154 Å². The zero-order chi connectivity index (χ0) is 18.1. The lowest BCUT2D eigenvalue weighted by atomic mass is 10.1. The highest BCUT2D eigenvalue weighted by atomic mass is 32.1. The molecule has 0 atom stereocenters. The van der Waals surface area contributed by atoms with Gasteiger partial charge in [-0.2, -0.15) is 5.10 Å². The van der Waals surface area contributed by atoms with Crippen LogP contribution in [0.3, 0.4) is 0 Å². The predicted molar refractivity (Wildman–Crippen MR) is 102 cm³/mol. The van der Waals surface area contributed by atoms with Gasteiger partial charge >= 0.3 is 0 Å². The van der Waals surface area contributed by atoms with E-state index in [1.807, 2.05) is 55.5 Å². The molecular formula is C18H16N6OS. The minimum Gasteiger partial charge on any atom is -0.291 e. The summed E-state index contributed by atoms with van der Waals surface area (Å²) in [6.45, 7) is 2.06. The van der Waals surface area contributed by atoms with E-state index in [0.717, 1.165) is 22.2 Å². The summed E-state index contributed by atoms with van der Waals surface area (Å²) in [4.78, 5) is 16.8. The summed E-state index contributed by atoms with van der Waals surface area (Å²) >= 11 is 5.29. The van der Waals surface area contributed by atoms with Gasteiger partial charge in [-0.3, -0.25) is 19.9 Å². The van der Waals surface area contributed by atoms with E-state index in [0.29, 0.717) is 10.6 Å². The number of rotatable bonds is 4. The largest absolute Gasteiger partial charge is 0.291 e. The highest BCUT2D eigenvalue weighted by Gasteiger charge is 2.13. The minimum atomic E-state index is -0.223. The molecule has 0 aliphatic rings. The van der Waals surface area contributed by atoms with E-state index >= 15 is 0 Å². The van der Waals surface area contributed by atoms with Crippen LogP contribution in [0.2, 0.25) is 0 Å². The lowest BCUT2D eigenvalue weighted by Crippen LogP contribution is -2.26. The molecule has 0 bridgehead atoms. The van der Waals surface area contributed by atoms with Crippen molar-refractivity contribution in [1.29, 1.82) is 0 Å². The van der Waals surface area contributed by atoms with Crippen molar-refractivity contribution < 1.29 is 4.79 Å². The van der Waals surface area contributed by atoms with Crippen LogP contribution >= 0.6 is 12.2 Å². The molecule has 2 N–H and O–H groups in total. The van der Waals surface area contributed by atoms with E-state index < -0.39 is 0 Å². The highest BCUT2D eigenvalue weighted by Crippen LogP contribution is 2.18. The van der Waals surface area contributed by atoms with Gasteiger partial charge in [0.05, 0.1) is 11.0 Å². The van der Waals surface area contributed by atoms with Crippen molar-refractivity contribution in [1.82, 2.24) is 24.4 Å². The fourth-order valence-electron chi connectivity index (χ4n) is 2.75. The first-order valence-electron chi connectivity index (χ1n) is 8.06. The number of fused-ring (bicyclic) bond motifs is 1. The summed E-state index contributed by atoms with van der Waals surface area (Å²) in [5.41, 5.74) is 6.51. The molecule has 4 aromatic rings. The van der Waals surface area contributed by atoms with Gasteiger partial charge in [-0.15, -0.1) is 0 Å². The summed E-state index contributed by atoms with van der Waals surface area (Å²) in [5.74, 6) is 0.402. The Morgan fingerprint density at radius 1 is 1.19 bits per heavy atom. The number of hydrogen-bond donors (Lipinski definition) is 2. The first-order chi connectivity index (χ1) is 12.6. The van der Waals surface area contributed by atoms with Crippen LogP contribution < -0.4 is 5.43 Å². The molecule has 2 heterocycles. The molecule has 1 amide bonds. The van der Waals surface area contributed by atoms with Crippen LogP contribution in [0.15, 0.2) is 54.9 Å². The van der Waals surface area contributed by atoms with Crippen molar-refractivity contribution in [2.45, 2.75) is 13.5 Å². The molecule has 2 aromatic carbocycles. The van der Waals surface area contributed by atoms with Crippen LogP contribution in [-0.4, -0.2) is 30.3 Å². The average molecular weight is 364 g/mol. The van der Waals surface area contributed by atoms with E-state index in [2.05, 4.69) is 20.6 Å². The van der Waals surface area contributed by atoms with Gasteiger partial charge in [-0.1, -0.05) is 42.0 Å². The summed E-state index contributed by atoms with van der Waals surface area (Å²) in [6.07, 6.45) is 1.58. The zero-order valence-electron chi connectivity index (χ0n) is 14.0. The maximum atomic E-state index is 12.5. The standard InChI is InChI=1S/C18H16N6OS/c1-12-6-8-13(9-7-12)17-20-21-18(26)23(17)10-16(25)22-24-11-19-14-4-2-3-5-15(14)24/h2-9,11H,10H2,1H3,(H,21,26)(H,22,25). The lowest BCUT2D eigenvalue weighted by Gasteiger charge is -2.09. The molecule has 7 nitrogen and oxygen atoms in total. The topological polar surface area (TPSA) is 80.5 Å². The van der Waals surface area contributed by atoms with Crippen molar-refractivity contribution >= 4 is 29.2 Å².